The van der Waals surface area contributed by atoms with Gasteiger partial charge in [0.05, 0.1) is 18.9 Å². The van der Waals surface area contributed by atoms with Crippen molar-refractivity contribution in [2.24, 2.45) is 11.8 Å². The molecule has 0 aliphatic heterocycles. The highest BCUT2D eigenvalue weighted by molar-refractivity contribution is 5.78. The summed E-state index contributed by atoms with van der Waals surface area (Å²) in [6.07, 6.45) is 0.188. The van der Waals surface area contributed by atoms with E-state index in [9.17, 15) is 19.2 Å². The van der Waals surface area contributed by atoms with Crippen molar-refractivity contribution in [1.82, 2.24) is 5.32 Å². The molecule has 10 nitrogen and oxygen atoms in total. The van der Waals surface area contributed by atoms with Gasteiger partial charge >= 0.3 is 24.1 Å². The Balaban J connectivity index is 2.97. The molecule has 1 rings (SSSR count). The number of ether oxygens (including phenoxy) is 5. The molecule has 1 N–H and O–H groups in total. The summed E-state index contributed by atoms with van der Waals surface area (Å²) < 4.78 is 26.2. The summed E-state index contributed by atoms with van der Waals surface area (Å²) in [6.45, 7) is 12.4. The number of hydrogen-bond donors (Lipinski definition) is 1. The number of carbonyl (C=O) groups is 4. The van der Waals surface area contributed by atoms with Crippen molar-refractivity contribution < 1.29 is 42.9 Å². The van der Waals surface area contributed by atoms with Gasteiger partial charge in [0.15, 0.2) is 11.5 Å². The van der Waals surface area contributed by atoms with Crippen molar-refractivity contribution in [3.63, 3.8) is 0 Å². The number of methoxy groups -OCH3 is 1. The summed E-state index contributed by atoms with van der Waals surface area (Å²) in [5, 5.41) is 3.04. The maximum Gasteiger partial charge on any atom is 0.508 e. The lowest BCUT2D eigenvalue weighted by Crippen LogP contribution is -2.43. The maximum absolute atomic E-state index is 12.4. The quantitative estimate of drug-likeness (QED) is 0.280. The summed E-state index contributed by atoms with van der Waals surface area (Å²) in [4.78, 5) is 48.7. The zero-order valence-corrected chi connectivity index (χ0v) is 23.1. The minimum atomic E-state index is -0.788. The molecule has 37 heavy (non-hydrogen) atoms. The van der Waals surface area contributed by atoms with Crippen LogP contribution in [-0.2, 0) is 35.0 Å². The van der Waals surface area contributed by atoms with Gasteiger partial charge < -0.3 is 29.0 Å². The van der Waals surface area contributed by atoms with Crippen LogP contribution in [0.1, 0.15) is 66.9 Å². The zero-order chi connectivity index (χ0) is 28.1. The third-order valence-electron chi connectivity index (χ3n) is 5.24. The van der Waals surface area contributed by atoms with E-state index in [4.69, 9.17) is 23.7 Å². The first-order valence-corrected chi connectivity index (χ1v) is 12.6. The van der Waals surface area contributed by atoms with E-state index in [0.717, 1.165) is 12.8 Å². The fourth-order valence-corrected chi connectivity index (χ4v) is 3.08. The molecule has 2 unspecified atom stereocenters. The lowest BCUT2D eigenvalue weighted by Gasteiger charge is -2.21. The summed E-state index contributed by atoms with van der Waals surface area (Å²) >= 11 is 0. The summed E-state index contributed by atoms with van der Waals surface area (Å²) in [5.41, 5.74) is 0.625. The van der Waals surface area contributed by atoms with Crippen LogP contribution in [0.15, 0.2) is 18.2 Å². The first-order chi connectivity index (χ1) is 17.4. The van der Waals surface area contributed by atoms with Crippen molar-refractivity contribution in [3.05, 3.63) is 23.8 Å². The number of carbonyl (C=O) groups excluding carboxylic acids is 4. The minimum absolute atomic E-state index is 0.0782. The number of hydrogen-bond acceptors (Lipinski definition) is 10. The monoisotopic (exact) mass is 523 g/mol. The molecular weight excluding hydrogens is 482 g/mol. The summed E-state index contributed by atoms with van der Waals surface area (Å²) in [7, 11) is 1.27. The largest absolute Gasteiger partial charge is 0.508 e. The predicted octanol–water partition coefficient (Wildman–Crippen LogP) is 4.21. The number of nitrogens with one attached hydrogen (secondary N) is 1. The molecule has 3 atom stereocenters. The van der Waals surface area contributed by atoms with Crippen LogP contribution >= 0.6 is 0 Å². The Bertz CT molecular complexity index is 913. The van der Waals surface area contributed by atoms with Crippen LogP contribution in [0.2, 0.25) is 0 Å². The first-order valence-electron chi connectivity index (χ1n) is 12.6. The molecular formula is C27H41NO9. The molecule has 0 aliphatic carbocycles. The SMILES string of the molecule is CCCC(C)OC(=O)OC(C)CN[C@@H](Cc1ccc(OC(=O)C(C)C)c(OC(=O)C(C)C)c1)C(=O)OC. The summed E-state index contributed by atoms with van der Waals surface area (Å²) in [5.74, 6) is -2.08. The van der Waals surface area contributed by atoms with Crippen molar-refractivity contribution in [3.8, 4) is 11.5 Å². The Morgan fingerprint density at radius 1 is 0.811 bits per heavy atom. The average molecular weight is 524 g/mol. The van der Waals surface area contributed by atoms with Crippen LogP contribution < -0.4 is 14.8 Å². The second kappa shape index (κ2) is 15.9. The Labute approximate surface area is 219 Å². The number of benzene rings is 1. The van der Waals surface area contributed by atoms with Gasteiger partial charge in [-0.2, -0.15) is 0 Å². The van der Waals surface area contributed by atoms with Gasteiger partial charge in [-0.25, -0.2) is 4.79 Å². The van der Waals surface area contributed by atoms with Gasteiger partial charge in [0.2, 0.25) is 0 Å². The Morgan fingerprint density at radius 2 is 1.38 bits per heavy atom. The molecule has 0 fully saturated rings. The highest BCUT2D eigenvalue weighted by atomic mass is 16.7. The van der Waals surface area contributed by atoms with Gasteiger partial charge in [0.25, 0.3) is 0 Å². The van der Waals surface area contributed by atoms with E-state index >= 15 is 0 Å². The van der Waals surface area contributed by atoms with Crippen molar-refractivity contribution in [2.45, 2.75) is 86.0 Å². The third kappa shape index (κ3) is 11.6. The number of esters is 3. The normalized spacial score (nSPS) is 13.5. The van der Waals surface area contributed by atoms with Crippen LogP contribution in [0.4, 0.5) is 4.79 Å². The van der Waals surface area contributed by atoms with Crippen LogP contribution in [-0.4, -0.2) is 56.0 Å². The molecule has 0 spiro atoms. The predicted molar refractivity (Wildman–Crippen MR) is 136 cm³/mol. The fraction of sp³-hybridized carbons (Fsp3) is 0.630. The van der Waals surface area contributed by atoms with Gasteiger partial charge in [0, 0.05) is 6.54 Å². The van der Waals surface area contributed by atoms with Gasteiger partial charge in [-0.1, -0.05) is 47.1 Å². The molecule has 1 aromatic rings. The second-order valence-corrected chi connectivity index (χ2v) is 9.52. The molecule has 0 bridgehead atoms. The van der Waals surface area contributed by atoms with Crippen molar-refractivity contribution in [2.75, 3.05) is 13.7 Å². The molecule has 0 amide bonds. The highest BCUT2D eigenvalue weighted by Crippen LogP contribution is 2.30. The smallest absolute Gasteiger partial charge is 0.468 e. The van der Waals surface area contributed by atoms with E-state index in [2.05, 4.69) is 5.32 Å². The minimum Gasteiger partial charge on any atom is -0.468 e. The third-order valence-corrected chi connectivity index (χ3v) is 5.24. The van der Waals surface area contributed by atoms with Crippen LogP contribution in [0.3, 0.4) is 0 Å². The van der Waals surface area contributed by atoms with E-state index in [1.54, 1.807) is 53.7 Å². The van der Waals surface area contributed by atoms with Gasteiger partial charge in [-0.15, -0.1) is 0 Å². The highest BCUT2D eigenvalue weighted by Gasteiger charge is 2.24. The fourth-order valence-electron chi connectivity index (χ4n) is 3.08. The van der Waals surface area contributed by atoms with Gasteiger partial charge in [-0.3, -0.25) is 14.4 Å². The molecule has 0 radical (unpaired) electrons. The maximum atomic E-state index is 12.4. The van der Waals surface area contributed by atoms with E-state index in [1.165, 1.54) is 13.2 Å². The molecule has 0 aromatic heterocycles. The zero-order valence-electron chi connectivity index (χ0n) is 23.1. The lowest BCUT2D eigenvalue weighted by molar-refractivity contribution is -0.143. The molecule has 1 aromatic carbocycles. The standard InChI is InChI=1S/C27H41NO9/c1-9-10-18(6)34-27(32)35-19(7)15-28-21(26(31)33-8)13-20-11-12-22(36-24(29)16(2)3)23(14-20)37-25(30)17(4)5/h11-12,14,16-19,21,28H,9-10,13,15H2,1-8H3/t18?,19?,21-/m0/s1. The Hall–Kier alpha value is -3.14. The second-order valence-electron chi connectivity index (χ2n) is 9.52. The van der Waals surface area contributed by atoms with Crippen LogP contribution in [0.5, 0.6) is 11.5 Å². The van der Waals surface area contributed by atoms with Crippen LogP contribution in [0, 0.1) is 11.8 Å². The van der Waals surface area contributed by atoms with Gasteiger partial charge in [0.1, 0.15) is 18.2 Å². The van der Waals surface area contributed by atoms with E-state index in [0.29, 0.717) is 5.56 Å². The number of rotatable bonds is 14. The Morgan fingerprint density at radius 3 is 1.92 bits per heavy atom. The first kappa shape index (κ1) is 31.9. The van der Waals surface area contributed by atoms with E-state index in [-0.39, 0.29) is 36.5 Å². The van der Waals surface area contributed by atoms with E-state index < -0.39 is 42.1 Å². The van der Waals surface area contributed by atoms with Crippen LogP contribution in [0.25, 0.3) is 0 Å². The average Bonchev–Trinajstić information content (AvgIpc) is 2.82. The van der Waals surface area contributed by atoms with Gasteiger partial charge in [-0.05, 0) is 44.4 Å². The van der Waals surface area contributed by atoms with Crippen molar-refractivity contribution in [1.29, 1.82) is 0 Å². The molecule has 0 saturated carbocycles. The molecule has 10 heteroatoms. The molecule has 0 aliphatic rings. The topological polar surface area (TPSA) is 126 Å². The molecule has 0 heterocycles. The van der Waals surface area contributed by atoms with Crippen molar-refractivity contribution >= 4 is 24.1 Å². The summed E-state index contributed by atoms with van der Waals surface area (Å²) in [6, 6.07) is 3.95. The molecule has 208 valence electrons. The Kier molecular flexibility index (Phi) is 13.7. The lowest BCUT2D eigenvalue weighted by atomic mass is 10.0. The molecule has 0 saturated heterocycles. The van der Waals surface area contributed by atoms with E-state index in [1.807, 2.05) is 6.92 Å².